The number of halogens is 3. The fourth-order valence-electron chi connectivity index (χ4n) is 1.55. The van der Waals surface area contributed by atoms with Crippen molar-refractivity contribution in [3.63, 3.8) is 0 Å². The summed E-state index contributed by atoms with van der Waals surface area (Å²) in [5.74, 6) is -4.13. The van der Waals surface area contributed by atoms with Crippen molar-refractivity contribution in [3.05, 3.63) is 29.6 Å². The van der Waals surface area contributed by atoms with Gasteiger partial charge in [-0.2, -0.15) is 0 Å². The lowest BCUT2D eigenvalue weighted by atomic mass is 10.1. The van der Waals surface area contributed by atoms with Gasteiger partial charge in [0.05, 0.1) is 5.69 Å². The summed E-state index contributed by atoms with van der Waals surface area (Å²) in [6, 6.07) is 1.77. The molecule has 1 rings (SSSR count). The second-order valence-electron chi connectivity index (χ2n) is 4.95. The summed E-state index contributed by atoms with van der Waals surface area (Å²) in [6.45, 7) is 5.44. The van der Waals surface area contributed by atoms with E-state index in [1.54, 1.807) is 0 Å². The Bertz CT molecular complexity index is 464. The van der Waals surface area contributed by atoms with Crippen molar-refractivity contribution in [3.8, 4) is 0 Å². The number of carbonyl (C=O) groups excluding carboxylic acids is 1. The van der Waals surface area contributed by atoms with E-state index in [2.05, 4.69) is 24.5 Å². The highest BCUT2D eigenvalue weighted by Crippen LogP contribution is 2.19. The molecule has 0 saturated heterocycles. The Balaban J connectivity index is 2.38. The average molecular weight is 288 g/mol. The van der Waals surface area contributed by atoms with E-state index in [1.807, 2.05) is 0 Å². The van der Waals surface area contributed by atoms with Crippen LogP contribution in [0.5, 0.6) is 0 Å². The Labute approximate surface area is 116 Å². The SMILES string of the molecule is CC(C)CCNCCC(=O)Nc1ccc(F)c(F)c1F. The maximum absolute atomic E-state index is 13.3. The van der Waals surface area contributed by atoms with E-state index in [4.69, 9.17) is 0 Å². The lowest BCUT2D eigenvalue weighted by Crippen LogP contribution is -2.23. The van der Waals surface area contributed by atoms with Gasteiger partial charge in [0.1, 0.15) is 0 Å². The molecule has 0 aliphatic rings. The van der Waals surface area contributed by atoms with Crippen molar-refractivity contribution < 1.29 is 18.0 Å². The van der Waals surface area contributed by atoms with Gasteiger partial charge in [0.25, 0.3) is 0 Å². The molecule has 1 amide bonds. The molecule has 0 aliphatic carbocycles. The van der Waals surface area contributed by atoms with Gasteiger partial charge in [-0.3, -0.25) is 4.79 Å². The van der Waals surface area contributed by atoms with Crippen LogP contribution in [0.25, 0.3) is 0 Å². The summed E-state index contributed by atoms with van der Waals surface area (Å²) in [6.07, 6.45) is 1.13. The number of hydrogen-bond acceptors (Lipinski definition) is 2. The normalized spacial score (nSPS) is 10.9. The predicted octanol–water partition coefficient (Wildman–Crippen LogP) is 3.07. The summed E-state index contributed by atoms with van der Waals surface area (Å²) < 4.78 is 39.0. The lowest BCUT2D eigenvalue weighted by Gasteiger charge is -2.09. The van der Waals surface area contributed by atoms with Gasteiger partial charge in [-0.25, -0.2) is 13.2 Å². The van der Waals surface area contributed by atoms with Crippen molar-refractivity contribution in [1.82, 2.24) is 5.32 Å². The molecule has 2 N–H and O–H groups in total. The maximum atomic E-state index is 13.3. The Morgan fingerprint density at radius 2 is 1.85 bits per heavy atom. The first-order valence-electron chi connectivity index (χ1n) is 6.56. The maximum Gasteiger partial charge on any atom is 0.225 e. The second kappa shape index (κ2) is 7.89. The molecular weight excluding hydrogens is 269 g/mol. The molecule has 0 fully saturated rings. The highest BCUT2D eigenvalue weighted by molar-refractivity contribution is 5.90. The van der Waals surface area contributed by atoms with Crippen LogP contribution in [-0.4, -0.2) is 19.0 Å². The van der Waals surface area contributed by atoms with Crippen molar-refractivity contribution >= 4 is 11.6 Å². The van der Waals surface area contributed by atoms with E-state index in [9.17, 15) is 18.0 Å². The molecule has 0 spiro atoms. The Hall–Kier alpha value is -1.56. The van der Waals surface area contributed by atoms with Gasteiger partial charge in [-0.15, -0.1) is 0 Å². The molecule has 1 aromatic rings. The molecule has 20 heavy (non-hydrogen) atoms. The third kappa shape index (κ3) is 5.21. The molecule has 0 unspecified atom stereocenters. The molecular formula is C14H19F3N2O. The minimum Gasteiger partial charge on any atom is -0.323 e. The third-order valence-electron chi connectivity index (χ3n) is 2.74. The monoisotopic (exact) mass is 288 g/mol. The molecule has 1 aromatic carbocycles. The molecule has 0 atom stereocenters. The summed E-state index contributed by atoms with van der Waals surface area (Å²) in [7, 11) is 0. The Morgan fingerprint density at radius 1 is 1.15 bits per heavy atom. The molecule has 112 valence electrons. The fraction of sp³-hybridized carbons (Fsp3) is 0.500. The van der Waals surface area contributed by atoms with Crippen LogP contribution in [-0.2, 0) is 4.79 Å². The summed E-state index contributed by atoms with van der Waals surface area (Å²) in [4.78, 5) is 11.5. The number of rotatable bonds is 7. The first-order chi connectivity index (χ1) is 9.41. The third-order valence-corrected chi connectivity index (χ3v) is 2.74. The van der Waals surface area contributed by atoms with Crippen LogP contribution in [0.1, 0.15) is 26.7 Å². The smallest absolute Gasteiger partial charge is 0.225 e. The molecule has 0 aliphatic heterocycles. The van der Waals surface area contributed by atoms with Crippen molar-refractivity contribution in [1.29, 1.82) is 0 Å². The van der Waals surface area contributed by atoms with E-state index in [-0.39, 0.29) is 12.1 Å². The average Bonchev–Trinajstić information content (AvgIpc) is 2.39. The van der Waals surface area contributed by atoms with Crippen molar-refractivity contribution in [2.75, 3.05) is 18.4 Å². The predicted molar refractivity (Wildman–Crippen MR) is 71.9 cm³/mol. The molecule has 0 saturated carbocycles. The van der Waals surface area contributed by atoms with E-state index in [0.29, 0.717) is 12.5 Å². The van der Waals surface area contributed by atoms with Gasteiger partial charge in [-0.1, -0.05) is 13.8 Å². The topological polar surface area (TPSA) is 41.1 Å². The number of hydrogen-bond donors (Lipinski definition) is 2. The number of benzene rings is 1. The zero-order valence-electron chi connectivity index (χ0n) is 11.6. The quantitative estimate of drug-likeness (QED) is 0.598. The number of amides is 1. The molecule has 6 heteroatoms. The highest BCUT2D eigenvalue weighted by Gasteiger charge is 2.14. The highest BCUT2D eigenvalue weighted by atomic mass is 19.2. The molecule has 0 radical (unpaired) electrons. The Morgan fingerprint density at radius 3 is 2.50 bits per heavy atom. The van der Waals surface area contributed by atoms with Gasteiger partial charge in [0, 0.05) is 13.0 Å². The van der Waals surface area contributed by atoms with Crippen LogP contribution in [0, 0.1) is 23.4 Å². The first kappa shape index (κ1) is 16.5. The van der Waals surface area contributed by atoms with Crippen LogP contribution in [0.4, 0.5) is 18.9 Å². The van der Waals surface area contributed by atoms with Gasteiger partial charge < -0.3 is 10.6 Å². The van der Waals surface area contributed by atoms with E-state index < -0.39 is 23.4 Å². The molecule has 0 bridgehead atoms. The lowest BCUT2D eigenvalue weighted by molar-refractivity contribution is -0.116. The molecule has 0 aromatic heterocycles. The minimum absolute atomic E-state index is 0.135. The number of anilines is 1. The summed E-state index contributed by atoms with van der Waals surface area (Å²) in [5, 5.41) is 5.30. The van der Waals surface area contributed by atoms with E-state index >= 15 is 0 Å². The largest absolute Gasteiger partial charge is 0.323 e. The fourth-order valence-corrected chi connectivity index (χ4v) is 1.55. The number of nitrogens with one attached hydrogen (secondary N) is 2. The van der Waals surface area contributed by atoms with Crippen LogP contribution < -0.4 is 10.6 Å². The zero-order valence-corrected chi connectivity index (χ0v) is 11.6. The van der Waals surface area contributed by atoms with E-state index in [0.717, 1.165) is 25.1 Å². The molecule has 0 heterocycles. The van der Waals surface area contributed by atoms with Crippen LogP contribution in [0.3, 0.4) is 0 Å². The van der Waals surface area contributed by atoms with Crippen LogP contribution in [0.15, 0.2) is 12.1 Å². The first-order valence-corrected chi connectivity index (χ1v) is 6.56. The summed E-state index contributed by atoms with van der Waals surface area (Å²) >= 11 is 0. The van der Waals surface area contributed by atoms with Gasteiger partial charge in [0.2, 0.25) is 5.91 Å². The van der Waals surface area contributed by atoms with Gasteiger partial charge in [-0.05, 0) is 31.0 Å². The van der Waals surface area contributed by atoms with Crippen molar-refractivity contribution in [2.24, 2.45) is 5.92 Å². The zero-order chi connectivity index (χ0) is 15.1. The standard InChI is InChI=1S/C14H19F3N2O/c1-9(2)5-7-18-8-6-12(20)19-11-4-3-10(15)13(16)14(11)17/h3-4,9,18H,5-8H2,1-2H3,(H,19,20). The van der Waals surface area contributed by atoms with Crippen LogP contribution in [0.2, 0.25) is 0 Å². The number of carbonyl (C=O) groups is 1. The molecule has 3 nitrogen and oxygen atoms in total. The summed E-state index contributed by atoms with van der Waals surface area (Å²) in [5.41, 5.74) is -0.351. The van der Waals surface area contributed by atoms with Gasteiger partial charge >= 0.3 is 0 Å². The Kier molecular flexibility index (Phi) is 6.51. The second-order valence-corrected chi connectivity index (χ2v) is 4.95. The van der Waals surface area contributed by atoms with Crippen molar-refractivity contribution in [2.45, 2.75) is 26.7 Å². The van der Waals surface area contributed by atoms with E-state index in [1.165, 1.54) is 0 Å². The van der Waals surface area contributed by atoms with Crippen LogP contribution >= 0.6 is 0 Å². The van der Waals surface area contributed by atoms with Gasteiger partial charge in [0.15, 0.2) is 17.5 Å². The minimum atomic E-state index is -1.59.